The average Bonchev–Trinajstić information content (AvgIpc) is 3.25. The summed E-state index contributed by atoms with van der Waals surface area (Å²) >= 11 is 6.07. The Balaban J connectivity index is 0.00000272. The summed E-state index contributed by atoms with van der Waals surface area (Å²) in [7, 11) is 1.80. The quantitative estimate of drug-likeness (QED) is 0.318. The molecule has 2 aromatic carbocycles. The van der Waals surface area contributed by atoms with Gasteiger partial charge in [-0.1, -0.05) is 29.8 Å². The minimum Gasteiger partial charge on any atom is -0.454 e. The molecule has 8 heteroatoms. The smallest absolute Gasteiger partial charge is 0.231 e. The van der Waals surface area contributed by atoms with Crippen molar-refractivity contribution in [3.63, 3.8) is 0 Å². The minimum atomic E-state index is -0.0379. The van der Waals surface area contributed by atoms with E-state index in [2.05, 4.69) is 33.8 Å². The Morgan fingerprint density at radius 1 is 1.06 bits per heavy atom. The Hall–Kier alpha value is -1.71. The van der Waals surface area contributed by atoms with Gasteiger partial charge in [-0.2, -0.15) is 0 Å². The molecular formula is C23H29ClIN3O3. The lowest BCUT2D eigenvalue weighted by molar-refractivity contribution is 0.0513. The monoisotopic (exact) mass is 557 g/mol. The van der Waals surface area contributed by atoms with Gasteiger partial charge < -0.3 is 24.8 Å². The highest BCUT2D eigenvalue weighted by atomic mass is 127. The Morgan fingerprint density at radius 3 is 2.65 bits per heavy atom. The van der Waals surface area contributed by atoms with Crippen LogP contribution in [0.5, 0.6) is 11.5 Å². The molecule has 0 radical (unpaired) electrons. The predicted molar refractivity (Wildman–Crippen MR) is 134 cm³/mol. The standard InChI is InChI=1S/C23H28ClN3O3.HI/c1-25-22(26-10-7-17-3-2-4-19(24)13-17)27-15-23(8-11-28-12-9-23)18-5-6-20-21(14-18)30-16-29-20;/h2-6,13-14H,7-12,15-16H2,1H3,(H2,25,26,27);1H. The van der Waals surface area contributed by atoms with Gasteiger partial charge in [-0.15, -0.1) is 24.0 Å². The molecule has 168 valence electrons. The second kappa shape index (κ2) is 11.2. The van der Waals surface area contributed by atoms with Crippen molar-refractivity contribution in [2.24, 2.45) is 4.99 Å². The summed E-state index contributed by atoms with van der Waals surface area (Å²) in [6.45, 7) is 3.33. The topological polar surface area (TPSA) is 64.1 Å². The first-order valence-electron chi connectivity index (χ1n) is 10.4. The molecule has 0 atom stereocenters. The fourth-order valence-corrected chi connectivity index (χ4v) is 4.26. The lowest BCUT2D eigenvalue weighted by atomic mass is 9.74. The average molecular weight is 558 g/mol. The molecule has 0 unspecified atom stereocenters. The van der Waals surface area contributed by atoms with Crippen LogP contribution in [0.1, 0.15) is 24.0 Å². The van der Waals surface area contributed by atoms with Crippen LogP contribution in [0.2, 0.25) is 5.02 Å². The third-order valence-electron chi connectivity index (χ3n) is 5.85. The van der Waals surface area contributed by atoms with Gasteiger partial charge in [0.25, 0.3) is 0 Å². The Morgan fingerprint density at radius 2 is 1.87 bits per heavy atom. The van der Waals surface area contributed by atoms with E-state index in [-0.39, 0.29) is 36.2 Å². The van der Waals surface area contributed by atoms with Crippen molar-refractivity contribution in [1.29, 1.82) is 0 Å². The molecule has 4 rings (SSSR count). The van der Waals surface area contributed by atoms with Crippen LogP contribution < -0.4 is 20.1 Å². The fraction of sp³-hybridized carbons (Fsp3) is 0.435. The third kappa shape index (κ3) is 5.96. The maximum atomic E-state index is 6.07. The molecule has 2 aliphatic rings. The second-order valence-corrected chi connectivity index (χ2v) is 8.13. The number of ether oxygens (including phenoxy) is 3. The molecule has 0 aromatic heterocycles. The molecule has 2 heterocycles. The van der Waals surface area contributed by atoms with Crippen LogP contribution in [0, 0.1) is 0 Å². The summed E-state index contributed by atoms with van der Waals surface area (Å²) in [6, 6.07) is 14.2. The highest BCUT2D eigenvalue weighted by Crippen LogP contribution is 2.40. The molecule has 2 N–H and O–H groups in total. The second-order valence-electron chi connectivity index (χ2n) is 7.69. The number of rotatable bonds is 6. The number of fused-ring (bicyclic) bond motifs is 1. The molecular weight excluding hydrogens is 529 g/mol. The predicted octanol–water partition coefficient (Wildman–Crippen LogP) is 4.14. The molecule has 1 saturated heterocycles. The molecule has 2 aliphatic heterocycles. The van der Waals surface area contributed by atoms with Gasteiger partial charge in [0.1, 0.15) is 0 Å². The van der Waals surface area contributed by atoms with Crippen molar-refractivity contribution in [3.05, 3.63) is 58.6 Å². The molecule has 0 saturated carbocycles. The van der Waals surface area contributed by atoms with Crippen LogP contribution in [-0.4, -0.2) is 46.1 Å². The summed E-state index contributed by atoms with van der Waals surface area (Å²) < 4.78 is 16.7. The van der Waals surface area contributed by atoms with Gasteiger partial charge in [0, 0.05) is 43.8 Å². The van der Waals surface area contributed by atoms with E-state index in [1.54, 1.807) is 7.05 Å². The Bertz CT molecular complexity index is 903. The first-order valence-corrected chi connectivity index (χ1v) is 10.7. The molecule has 0 bridgehead atoms. The van der Waals surface area contributed by atoms with Gasteiger partial charge in [-0.05, 0) is 54.7 Å². The van der Waals surface area contributed by atoms with Crippen LogP contribution in [0.3, 0.4) is 0 Å². The van der Waals surface area contributed by atoms with E-state index >= 15 is 0 Å². The van der Waals surface area contributed by atoms with E-state index in [9.17, 15) is 0 Å². The number of halogens is 2. The number of nitrogens with zero attached hydrogens (tertiary/aromatic N) is 1. The van der Waals surface area contributed by atoms with E-state index in [0.29, 0.717) is 0 Å². The first kappa shape index (κ1) is 23.9. The van der Waals surface area contributed by atoms with Gasteiger partial charge in [-0.25, -0.2) is 0 Å². The highest BCUT2D eigenvalue weighted by Gasteiger charge is 2.35. The number of nitrogens with one attached hydrogen (secondary N) is 2. The number of guanidine groups is 1. The molecule has 0 amide bonds. The van der Waals surface area contributed by atoms with Gasteiger partial charge in [-0.3, -0.25) is 4.99 Å². The van der Waals surface area contributed by atoms with E-state index in [1.165, 1.54) is 11.1 Å². The van der Waals surface area contributed by atoms with Crippen LogP contribution in [0.4, 0.5) is 0 Å². The SMILES string of the molecule is CN=C(NCCc1cccc(Cl)c1)NCC1(c2ccc3c(c2)OCO3)CCOCC1.I. The lowest BCUT2D eigenvalue weighted by Gasteiger charge is -2.38. The normalized spacial score (nSPS) is 17.0. The van der Waals surface area contributed by atoms with Gasteiger partial charge in [0.2, 0.25) is 6.79 Å². The van der Waals surface area contributed by atoms with Crippen molar-refractivity contribution in [2.45, 2.75) is 24.7 Å². The number of aliphatic imine (C=N–C) groups is 1. The van der Waals surface area contributed by atoms with Crippen LogP contribution in [0.15, 0.2) is 47.5 Å². The molecule has 1 fully saturated rings. The highest BCUT2D eigenvalue weighted by molar-refractivity contribution is 14.0. The Kier molecular flexibility index (Phi) is 8.68. The summed E-state index contributed by atoms with van der Waals surface area (Å²) in [5.41, 5.74) is 2.41. The fourth-order valence-electron chi connectivity index (χ4n) is 4.05. The van der Waals surface area contributed by atoms with Gasteiger partial charge in [0.15, 0.2) is 17.5 Å². The van der Waals surface area contributed by atoms with Crippen molar-refractivity contribution in [3.8, 4) is 11.5 Å². The summed E-state index contributed by atoms with van der Waals surface area (Å²) in [4.78, 5) is 4.40. The number of hydrogen-bond donors (Lipinski definition) is 2. The van der Waals surface area contributed by atoms with E-state index in [0.717, 1.165) is 68.0 Å². The van der Waals surface area contributed by atoms with E-state index in [1.807, 2.05) is 24.3 Å². The van der Waals surface area contributed by atoms with Crippen molar-refractivity contribution in [1.82, 2.24) is 10.6 Å². The zero-order valence-electron chi connectivity index (χ0n) is 17.7. The molecule has 0 aliphatic carbocycles. The lowest BCUT2D eigenvalue weighted by Crippen LogP contribution is -2.48. The maximum absolute atomic E-state index is 6.07. The minimum absolute atomic E-state index is 0. The number of hydrogen-bond acceptors (Lipinski definition) is 4. The van der Waals surface area contributed by atoms with Gasteiger partial charge >= 0.3 is 0 Å². The third-order valence-corrected chi connectivity index (χ3v) is 6.08. The molecule has 2 aromatic rings. The maximum Gasteiger partial charge on any atom is 0.231 e. The van der Waals surface area contributed by atoms with Crippen molar-refractivity contribution < 1.29 is 14.2 Å². The zero-order chi connectivity index (χ0) is 20.8. The summed E-state index contributed by atoms with van der Waals surface area (Å²) in [5.74, 6) is 2.43. The van der Waals surface area contributed by atoms with Gasteiger partial charge in [0.05, 0.1) is 0 Å². The van der Waals surface area contributed by atoms with Crippen LogP contribution >= 0.6 is 35.6 Å². The molecule has 0 spiro atoms. The van der Waals surface area contributed by atoms with Crippen LogP contribution in [0.25, 0.3) is 0 Å². The van der Waals surface area contributed by atoms with Crippen molar-refractivity contribution in [2.75, 3.05) is 40.1 Å². The summed E-state index contributed by atoms with van der Waals surface area (Å²) in [5, 5.41) is 7.70. The van der Waals surface area contributed by atoms with Crippen molar-refractivity contribution >= 4 is 41.5 Å². The van der Waals surface area contributed by atoms with E-state index in [4.69, 9.17) is 25.8 Å². The first-order chi connectivity index (χ1) is 14.7. The Labute approximate surface area is 205 Å². The molecule has 31 heavy (non-hydrogen) atoms. The number of benzene rings is 2. The molecule has 6 nitrogen and oxygen atoms in total. The van der Waals surface area contributed by atoms with Crippen LogP contribution in [-0.2, 0) is 16.6 Å². The zero-order valence-corrected chi connectivity index (χ0v) is 20.7. The largest absolute Gasteiger partial charge is 0.454 e. The summed E-state index contributed by atoms with van der Waals surface area (Å²) in [6.07, 6.45) is 2.76. The van der Waals surface area contributed by atoms with E-state index < -0.39 is 0 Å².